The molecule has 0 fully saturated rings. The second-order valence-corrected chi connectivity index (χ2v) is 4.63. The third-order valence-corrected chi connectivity index (χ3v) is 3.02. The first kappa shape index (κ1) is 10.1. The molecule has 0 unspecified atom stereocenters. The van der Waals surface area contributed by atoms with Gasteiger partial charge < -0.3 is 5.11 Å². The molecule has 1 rings (SSSR count). The Morgan fingerprint density at radius 3 is 2.92 bits per heavy atom. The lowest BCUT2D eigenvalue weighted by Gasteiger charge is -2.03. The highest BCUT2D eigenvalue weighted by Gasteiger charge is 1.98. The molecular weight excluding hydrogens is 236 g/mol. The predicted molar refractivity (Wildman–Crippen MR) is 56.5 cm³/mol. The van der Waals surface area contributed by atoms with Crippen molar-refractivity contribution in [2.75, 3.05) is 5.75 Å². The van der Waals surface area contributed by atoms with E-state index in [9.17, 15) is 0 Å². The van der Waals surface area contributed by atoms with E-state index in [0.29, 0.717) is 0 Å². The van der Waals surface area contributed by atoms with Crippen LogP contribution in [0.4, 0.5) is 0 Å². The summed E-state index contributed by atoms with van der Waals surface area (Å²) in [5.74, 6) is 0.746. The maximum Gasteiger partial charge on any atom is 0.0606 e. The van der Waals surface area contributed by atoms with Gasteiger partial charge in [0.2, 0.25) is 0 Å². The number of hydrogen-bond donors (Lipinski definition) is 1. The topological polar surface area (TPSA) is 20.2 Å². The van der Waals surface area contributed by atoms with E-state index in [1.54, 1.807) is 18.7 Å². The summed E-state index contributed by atoms with van der Waals surface area (Å²) in [6, 6.07) is 8.08. The molecule has 12 heavy (non-hydrogen) atoms. The molecule has 1 nitrogen and oxygen atoms in total. The molecule has 66 valence electrons. The zero-order valence-corrected chi connectivity index (χ0v) is 9.23. The molecule has 0 aromatic heterocycles. The first-order valence-corrected chi connectivity index (χ1v) is 5.53. The maximum absolute atomic E-state index is 9.05. The Morgan fingerprint density at radius 2 is 2.33 bits per heavy atom. The van der Waals surface area contributed by atoms with Crippen molar-refractivity contribution >= 4 is 27.7 Å². The molecule has 0 saturated heterocycles. The van der Waals surface area contributed by atoms with Crippen LogP contribution in [0.25, 0.3) is 0 Å². The number of hydrogen-bond acceptors (Lipinski definition) is 2. The molecule has 0 bridgehead atoms. The molecule has 0 amide bonds. The van der Waals surface area contributed by atoms with E-state index in [4.69, 9.17) is 5.11 Å². The van der Waals surface area contributed by atoms with E-state index < -0.39 is 0 Å². The Morgan fingerprint density at radius 1 is 1.58 bits per heavy atom. The molecule has 0 aliphatic rings. The zero-order valence-electron chi connectivity index (χ0n) is 6.83. The lowest BCUT2D eigenvalue weighted by atomic mass is 10.4. The fourth-order valence-corrected chi connectivity index (χ4v) is 2.14. The second-order valence-electron chi connectivity index (χ2n) is 2.62. The summed E-state index contributed by atoms with van der Waals surface area (Å²) in [6.45, 7) is 1.80. The first-order chi connectivity index (χ1) is 5.68. The molecule has 0 aliphatic heterocycles. The van der Waals surface area contributed by atoms with Crippen molar-refractivity contribution < 1.29 is 5.11 Å². The van der Waals surface area contributed by atoms with Gasteiger partial charge in [-0.1, -0.05) is 22.0 Å². The van der Waals surface area contributed by atoms with Crippen molar-refractivity contribution in [3.05, 3.63) is 28.7 Å². The zero-order chi connectivity index (χ0) is 8.97. The van der Waals surface area contributed by atoms with E-state index in [2.05, 4.69) is 15.9 Å². The lowest BCUT2D eigenvalue weighted by molar-refractivity contribution is 0.220. The normalized spacial score (nSPS) is 12.9. The van der Waals surface area contributed by atoms with E-state index >= 15 is 0 Å². The van der Waals surface area contributed by atoms with Crippen molar-refractivity contribution in [3.8, 4) is 0 Å². The molecule has 1 atom stereocenters. The number of aliphatic hydroxyl groups is 1. The predicted octanol–water partition coefficient (Wildman–Crippen LogP) is 2.92. The molecule has 0 radical (unpaired) electrons. The fraction of sp³-hybridized carbons (Fsp3) is 0.333. The summed E-state index contributed by atoms with van der Waals surface area (Å²) >= 11 is 5.06. The van der Waals surface area contributed by atoms with Crippen LogP contribution in [0.2, 0.25) is 0 Å². The van der Waals surface area contributed by atoms with Crippen LogP contribution in [0, 0.1) is 0 Å². The average Bonchev–Trinajstić information content (AvgIpc) is 2.01. The highest BCUT2D eigenvalue weighted by atomic mass is 79.9. The van der Waals surface area contributed by atoms with Crippen LogP contribution in [0.3, 0.4) is 0 Å². The van der Waals surface area contributed by atoms with E-state index in [1.807, 2.05) is 24.3 Å². The van der Waals surface area contributed by atoms with Gasteiger partial charge in [0.15, 0.2) is 0 Å². The van der Waals surface area contributed by atoms with E-state index in [1.165, 1.54) is 4.90 Å². The van der Waals surface area contributed by atoms with Crippen molar-refractivity contribution in [1.29, 1.82) is 0 Å². The summed E-state index contributed by atoms with van der Waals surface area (Å²) in [5, 5.41) is 9.05. The van der Waals surface area contributed by atoms with E-state index in [-0.39, 0.29) is 6.10 Å². The SMILES string of the molecule is C[C@H](O)CSc1cccc(Br)c1. The van der Waals surface area contributed by atoms with Gasteiger partial charge in [0.25, 0.3) is 0 Å². The molecule has 0 heterocycles. The maximum atomic E-state index is 9.05. The minimum Gasteiger partial charge on any atom is -0.393 e. The highest BCUT2D eigenvalue weighted by molar-refractivity contribution is 9.10. The third-order valence-electron chi connectivity index (χ3n) is 1.29. The van der Waals surface area contributed by atoms with Crippen molar-refractivity contribution in [2.45, 2.75) is 17.9 Å². The minimum atomic E-state index is -0.242. The van der Waals surface area contributed by atoms with Crippen LogP contribution in [0.15, 0.2) is 33.6 Å². The van der Waals surface area contributed by atoms with Gasteiger partial charge >= 0.3 is 0 Å². The molecule has 0 aliphatic carbocycles. The fourth-order valence-electron chi connectivity index (χ4n) is 0.774. The number of thioether (sulfide) groups is 1. The summed E-state index contributed by atoms with van der Waals surface area (Å²) in [5.41, 5.74) is 0. The van der Waals surface area contributed by atoms with Crippen molar-refractivity contribution in [2.24, 2.45) is 0 Å². The number of aliphatic hydroxyl groups excluding tert-OH is 1. The van der Waals surface area contributed by atoms with Gasteiger partial charge in [0.1, 0.15) is 0 Å². The van der Waals surface area contributed by atoms with Crippen LogP contribution in [0.1, 0.15) is 6.92 Å². The first-order valence-electron chi connectivity index (χ1n) is 3.75. The van der Waals surface area contributed by atoms with Crippen LogP contribution >= 0.6 is 27.7 Å². The van der Waals surface area contributed by atoms with Crippen LogP contribution < -0.4 is 0 Å². The van der Waals surface area contributed by atoms with Crippen molar-refractivity contribution in [3.63, 3.8) is 0 Å². The minimum absolute atomic E-state index is 0.242. The number of rotatable bonds is 3. The summed E-state index contributed by atoms with van der Waals surface area (Å²) < 4.78 is 1.08. The molecule has 1 aromatic rings. The van der Waals surface area contributed by atoms with Crippen LogP contribution in [-0.2, 0) is 0 Å². The Kier molecular flexibility index (Phi) is 4.12. The Hall–Kier alpha value is 0.01000. The standard InChI is InChI=1S/C9H11BrOS/c1-7(11)6-12-9-4-2-3-8(10)5-9/h2-5,7,11H,6H2,1H3/t7-/m0/s1. The smallest absolute Gasteiger partial charge is 0.0606 e. The molecular formula is C9H11BrOS. The third kappa shape index (κ3) is 3.61. The summed E-state index contributed by atoms with van der Waals surface area (Å²) in [6.07, 6.45) is -0.242. The average molecular weight is 247 g/mol. The second kappa shape index (κ2) is 4.90. The van der Waals surface area contributed by atoms with Gasteiger partial charge in [-0.15, -0.1) is 11.8 Å². The lowest BCUT2D eigenvalue weighted by Crippen LogP contribution is -2.01. The Balaban J connectivity index is 2.52. The highest BCUT2D eigenvalue weighted by Crippen LogP contribution is 2.22. The quantitative estimate of drug-likeness (QED) is 0.829. The van der Waals surface area contributed by atoms with Gasteiger partial charge in [-0.25, -0.2) is 0 Å². The van der Waals surface area contributed by atoms with Gasteiger partial charge in [0, 0.05) is 15.1 Å². The number of benzene rings is 1. The van der Waals surface area contributed by atoms with E-state index in [0.717, 1.165) is 10.2 Å². The Labute approximate surface area is 85.3 Å². The monoisotopic (exact) mass is 246 g/mol. The van der Waals surface area contributed by atoms with Crippen LogP contribution in [-0.4, -0.2) is 17.0 Å². The summed E-state index contributed by atoms with van der Waals surface area (Å²) in [7, 11) is 0. The summed E-state index contributed by atoms with van der Waals surface area (Å²) in [4.78, 5) is 1.19. The Bertz CT molecular complexity index is 250. The molecule has 1 N–H and O–H groups in total. The van der Waals surface area contributed by atoms with Crippen LogP contribution in [0.5, 0.6) is 0 Å². The number of halogens is 1. The van der Waals surface area contributed by atoms with Gasteiger partial charge in [-0.2, -0.15) is 0 Å². The van der Waals surface area contributed by atoms with Gasteiger partial charge in [-0.3, -0.25) is 0 Å². The molecule has 0 spiro atoms. The van der Waals surface area contributed by atoms with Gasteiger partial charge in [-0.05, 0) is 25.1 Å². The molecule has 3 heteroatoms. The molecule has 1 aromatic carbocycles. The largest absolute Gasteiger partial charge is 0.393 e. The van der Waals surface area contributed by atoms with Crippen molar-refractivity contribution in [1.82, 2.24) is 0 Å². The molecule has 0 saturated carbocycles. The van der Waals surface area contributed by atoms with Gasteiger partial charge in [0.05, 0.1) is 6.10 Å².